The van der Waals surface area contributed by atoms with E-state index in [1.165, 1.54) is 19.3 Å². The summed E-state index contributed by atoms with van der Waals surface area (Å²) in [7, 11) is 0. The van der Waals surface area contributed by atoms with Crippen LogP contribution in [0.5, 0.6) is 0 Å². The number of benzene rings is 1. The monoisotopic (exact) mass is 405 g/mol. The molecule has 1 aromatic rings. The minimum Gasteiger partial charge on any atom is -0.386 e. The lowest BCUT2D eigenvalue weighted by Crippen LogP contribution is -2.32. The van der Waals surface area contributed by atoms with E-state index in [0.717, 1.165) is 24.1 Å². The number of hydrogen-bond acceptors (Lipinski definition) is 2. The molecular weight excluding hydrogens is 377 g/mol. The fourth-order valence-corrected chi connectivity index (χ4v) is 1.99. The van der Waals surface area contributed by atoms with Gasteiger partial charge in [-0.1, -0.05) is 56.0 Å². The molecule has 0 bridgehead atoms. The smallest absolute Gasteiger partial charge is 0.188 e. The molecule has 0 amide bonds. The second-order valence-corrected chi connectivity index (χ2v) is 5.14. The fourth-order valence-electron chi connectivity index (χ4n) is 1.99. The first-order chi connectivity index (χ1) is 9.63. The van der Waals surface area contributed by atoms with Gasteiger partial charge < -0.3 is 16.2 Å². The van der Waals surface area contributed by atoms with E-state index in [0.29, 0.717) is 5.96 Å². The van der Waals surface area contributed by atoms with Crippen molar-refractivity contribution in [1.29, 1.82) is 0 Å². The lowest BCUT2D eigenvalue weighted by Gasteiger charge is -2.10. The maximum atomic E-state index is 10.0. The lowest BCUT2D eigenvalue weighted by atomic mass is 10.1. The van der Waals surface area contributed by atoms with Gasteiger partial charge in [-0.15, -0.1) is 24.0 Å². The van der Waals surface area contributed by atoms with E-state index in [4.69, 9.17) is 5.73 Å². The van der Waals surface area contributed by atoms with Gasteiger partial charge in [-0.3, -0.25) is 4.99 Å². The Kier molecular flexibility index (Phi) is 11.3. The summed E-state index contributed by atoms with van der Waals surface area (Å²) >= 11 is 0. The number of nitrogens with zero attached hydrogens (tertiary/aromatic N) is 1. The van der Waals surface area contributed by atoms with Gasteiger partial charge in [0, 0.05) is 6.54 Å². The number of rotatable bonds is 8. The maximum absolute atomic E-state index is 10.0. The molecule has 0 saturated heterocycles. The van der Waals surface area contributed by atoms with Crippen molar-refractivity contribution in [3.05, 3.63) is 35.4 Å². The molecule has 0 spiro atoms. The van der Waals surface area contributed by atoms with Crippen LogP contribution in [0.15, 0.2) is 29.3 Å². The second-order valence-electron chi connectivity index (χ2n) is 5.14. The molecule has 120 valence electrons. The van der Waals surface area contributed by atoms with E-state index in [2.05, 4.69) is 17.2 Å². The van der Waals surface area contributed by atoms with Gasteiger partial charge in [0.25, 0.3) is 0 Å². The highest BCUT2D eigenvalue weighted by molar-refractivity contribution is 14.0. The van der Waals surface area contributed by atoms with Gasteiger partial charge in [-0.25, -0.2) is 0 Å². The van der Waals surface area contributed by atoms with E-state index in [1.807, 2.05) is 31.2 Å². The Labute approximate surface area is 145 Å². The Morgan fingerprint density at radius 3 is 2.76 bits per heavy atom. The van der Waals surface area contributed by atoms with Crippen LogP contribution in [0.25, 0.3) is 0 Å². The molecule has 21 heavy (non-hydrogen) atoms. The average molecular weight is 405 g/mol. The molecule has 0 saturated carbocycles. The zero-order valence-corrected chi connectivity index (χ0v) is 15.3. The Balaban J connectivity index is 0.00000400. The third-order valence-corrected chi connectivity index (χ3v) is 3.20. The predicted molar refractivity (Wildman–Crippen MR) is 100 cm³/mol. The minimum absolute atomic E-state index is 0. The number of aliphatic imine (C=N–C) groups is 1. The number of halogens is 1. The summed E-state index contributed by atoms with van der Waals surface area (Å²) < 4.78 is 0. The molecule has 1 atom stereocenters. The quantitative estimate of drug-likeness (QED) is 0.269. The van der Waals surface area contributed by atoms with Gasteiger partial charge in [0.05, 0.1) is 12.6 Å². The number of unbranched alkanes of at least 4 members (excludes halogenated alkanes) is 3. The molecule has 4 N–H and O–H groups in total. The molecule has 1 unspecified atom stereocenters. The summed E-state index contributed by atoms with van der Waals surface area (Å²) in [4.78, 5) is 4.18. The zero-order valence-electron chi connectivity index (χ0n) is 13.0. The number of nitrogens with two attached hydrogens (primary N) is 1. The third-order valence-electron chi connectivity index (χ3n) is 3.20. The van der Waals surface area contributed by atoms with E-state index >= 15 is 0 Å². The molecule has 1 rings (SSSR count). The van der Waals surface area contributed by atoms with Crippen LogP contribution in [0.1, 0.15) is 49.8 Å². The molecule has 0 fully saturated rings. The summed E-state index contributed by atoms with van der Waals surface area (Å²) in [5, 5.41) is 13.1. The van der Waals surface area contributed by atoms with Crippen LogP contribution in [-0.2, 0) is 0 Å². The molecule has 0 aliphatic heterocycles. The highest BCUT2D eigenvalue weighted by Gasteiger charge is 2.06. The van der Waals surface area contributed by atoms with E-state index < -0.39 is 6.10 Å². The summed E-state index contributed by atoms with van der Waals surface area (Å²) in [6, 6.07) is 7.81. The number of guanidine groups is 1. The van der Waals surface area contributed by atoms with Crippen molar-refractivity contribution in [2.24, 2.45) is 10.7 Å². The van der Waals surface area contributed by atoms with E-state index in [1.54, 1.807) is 0 Å². The van der Waals surface area contributed by atoms with Crippen molar-refractivity contribution in [1.82, 2.24) is 5.32 Å². The summed E-state index contributed by atoms with van der Waals surface area (Å²) in [5.74, 6) is 0.410. The van der Waals surface area contributed by atoms with Crippen molar-refractivity contribution in [2.45, 2.75) is 45.6 Å². The second kappa shape index (κ2) is 11.8. The minimum atomic E-state index is -0.602. The Bertz CT molecular complexity index is 424. The van der Waals surface area contributed by atoms with Crippen molar-refractivity contribution in [2.75, 3.05) is 13.1 Å². The maximum Gasteiger partial charge on any atom is 0.188 e. The Hall–Kier alpha value is -0.820. The van der Waals surface area contributed by atoms with E-state index in [-0.39, 0.29) is 30.5 Å². The average Bonchev–Trinajstić information content (AvgIpc) is 2.44. The zero-order chi connectivity index (χ0) is 14.8. The Morgan fingerprint density at radius 2 is 2.10 bits per heavy atom. The summed E-state index contributed by atoms with van der Waals surface area (Å²) in [6.07, 6.45) is 4.19. The fraction of sp³-hybridized carbons (Fsp3) is 0.562. The van der Waals surface area contributed by atoms with Crippen LogP contribution in [-0.4, -0.2) is 24.2 Å². The summed E-state index contributed by atoms with van der Waals surface area (Å²) in [6.45, 7) is 5.33. The van der Waals surface area contributed by atoms with Crippen LogP contribution >= 0.6 is 24.0 Å². The van der Waals surface area contributed by atoms with Crippen LogP contribution < -0.4 is 11.1 Å². The topological polar surface area (TPSA) is 70.6 Å². The SMILES string of the molecule is CCCCCCNC(N)=NCC(O)c1cccc(C)c1.I. The largest absolute Gasteiger partial charge is 0.386 e. The standard InChI is InChI=1S/C16H27N3O.HI/c1-3-4-5-6-10-18-16(17)19-12-15(20)14-9-7-8-13(2)11-14;/h7-9,11,15,20H,3-6,10,12H2,1-2H3,(H3,17,18,19);1H. The lowest BCUT2D eigenvalue weighted by molar-refractivity contribution is 0.187. The molecule has 0 aromatic heterocycles. The van der Waals surface area contributed by atoms with Crippen LogP contribution in [0, 0.1) is 6.92 Å². The van der Waals surface area contributed by atoms with Crippen molar-refractivity contribution in [3.8, 4) is 0 Å². The molecule has 4 nitrogen and oxygen atoms in total. The van der Waals surface area contributed by atoms with Gasteiger partial charge in [-0.05, 0) is 18.9 Å². The first kappa shape index (κ1) is 20.2. The number of aliphatic hydroxyl groups is 1. The number of nitrogens with one attached hydrogen (secondary N) is 1. The van der Waals surface area contributed by atoms with Crippen LogP contribution in [0.4, 0.5) is 0 Å². The number of aliphatic hydroxyl groups excluding tert-OH is 1. The van der Waals surface area contributed by atoms with E-state index in [9.17, 15) is 5.11 Å². The Morgan fingerprint density at radius 1 is 1.33 bits per heavy atom. The van der Waals surface area contributed by atoms with Gasteiger partial charge >= 0.3 is 0 Å². The molecule has 1 aromatic carbocycles. The van der Waals surface area contributed by atoms with Gasteiger partial charge in [0.2, 0.25) is 0 Å². The van der Waals surface area contributed by atoms with Crippen molar-refractivity contribution >= 4 is 29.9 Å². The molecule has 0 aliphatic carbocycles. The van der Waals surface area contributed by atoms with Crippen molar-refractivity contribution < 1.29 is 5.11 Å². The highest BCUT2D eigenvalue weighted by atomic mass is 127. The number of aryl methyl sites for hydroxylation is 1. The van der Waals surface area contributed by atoms with Gasteiger partial charge in [0.1, 0.15) is 0 Å². The van der Waals surface area contributed by atoms with Crippen molar-refractivity contribution in [3.63, 3.8) is 0 Å². The first-order valence-corrected chi connectivity index (χ1v) is 7.42. The molecule has 0 heterocycles. The third kappa shape index (κ3) is 8.93. The number of hydrogen-bond donors (Lipinski definition) is 3. The first-order valence-electron chi connectivity index (χ1n) is 7.42. The summed E-state index contributed by atoms with van der Waals surface area (Å²) in [5.41, 5.74) is 7.78. The molecule has 0 radical (unpaired) electrons. The van der Waals surface area contributed by atoms with Gasteiger partial charge in [0.15, 0.2) is 5.96 Å². The normalized spacial score (nSPS) is 12.6. The molecular formula is C16H28IN3O. The molecule has 0 aliphatic rings. The highest BCUT2D eigenvalue weighted by Crippen LogP contribution is 2.14. The van der Waals surface area contributed by atoms with Gasteiger partial charge in [-0.2, -0.15) is 0 Å². The van der Waals surface area contributed by atoms with Crippen LogP contribution in [0.3, 0.4) is 0 Å². The van der Waals surface area contributed by atoms with Crippen LogP contribution in [0.2, 0.25) is 0 Å². The molecule has 5 heteroatoms. The predicted octanol–water partition coefficient (Wildman–Crippen LogP) is 3.13.